The van der Waals surface area contributed by atoms with Crippen molar-refractivity contribution in [3.8, 4) is 33.4 Å². The van der Waals surface area contributed by atoms with E-state index >= 15 is 0 Å². The molecule has 0 nitrogen and oxygen atoms in total. The van der Waals surface area contributed by atoms with Gasteiger partial charge >= 0.3 is 0 Å². The predicted molar refractivity (Wildman–Crippen MR) is 341 cm³/mol. The summed E-state index contributed by atoms with van der Waals surface area (Å²) in [5, 5.41) is 10.7. The first-order chi connectivity index (χ1) is 36.8. The van der Waals surface area contributed by atoms with Crippen molar-refractivity contribution in [1.29, 1.82) is 0 Å². The topological polar surface area (TPSA) is 0 Å². The Balaban J connectivity index is 0.000000216. The fraction of sp³-hybridized carbons (Fsp3) is 0.227. The van der Waals surface area contributed by atoms with E-state index in [4.69, 9.17) is 0 Å². The van der Waals surface area contributed by atoms with E-state index in [0.29, 0.717) is 5.92 Å². The number of fused-ring (bicyclic) bond motifs is 10. The highest BCUT2D eigenvalue weighted by molar-refractivity contribution is 6.25. The molecular formula is C75H86. The molecule has 0 saturated carbocycles. The standard InChI is InChI=1S/C25H22.C18H12.C15H14.C7H10.2C3H8.2C2H6/c1-17-8-4-5-10-22(17)25-16-20(14-12-19(25)3)23-15-13-18(2)21-9-6-7-11-24(21)23;1-2-8-14-13(7-1)15-9-3-4-11-17(15)18-12-6-5-10-16(14)18;1-2-11-12-7-3-5-9-14(12)15-10-6-4-8-13(11)15;1-3-5-7-6-4-2;2*1-3-2;2*1-2/h4-16H,1-3H3;1-12H;3-11H,2H2,1H3;3-7H,1H2,2H3;2*3H2,1-2H3;2*1-2H3/b;;;6-4-,7-5-;;;;. The molecule has 0 unspecified atom stereocenters. The second-order valence-electron chi connectivity index (χ2n) is 18.2. The van der Waals surface area contributed by atoms with E-state index < -0.39 is 0 Å². The molecule has 75 heavy (non-hydrogen) atoms. The van der Waals surface area contributed by atoms with Gasteiger partial charge in [0.25, 0.3) is 0 Å². The summed E-state index contributed by atoms with van der Waals surface area (Å²) in [4.78, 5) is 0. The molecule has 10 aromatic carbocycles. The van der Waals surface area contributed by atoms with Gasteiger partial charge in [-0.25, -0.2) is 0 Å². The number of allylic oxidation sites excluding steroid dienone is 5. The Morgan fingerprint density at radius 2 is 0.707 bits per heavy atom. The lowest BCUT2D eigenvalue weighted by Crippen LogP contribution is -1.93. The molecule has 0 heterocycles. The van der Waals surface area contributed by atoms with Gasteiger partial charge in [0.05, 0.1) is 0 Å². The third-order valence-electron chi connectivity index (χ3n) is 12.7. The molecule has 0 fully saturated rings. The average molecular weight is 988 g/mol. The Kier molecular flexibility index (Phi) is 26.1. The Morgan fingerprint density at radius 1 is 0.347 bits per heavy atom. The first-order valence-electron chi connectivity index (χ1n) is 27.8. The number of rotatable bonds is 5. The summed E-state index contributed by atoms with van der Waals surface area (Å²) >= 11 is 0. The van der Waals surface area contributed by atoms with E-state index in [1.807, 2.05) is 58.9 Å². The highest BCUT2D eigenvalue weighted by Crippen LogP contribution is 2.46. The predicted octanol–water partition coefficient (Wildman–Crippen LogP) is 23.6. The average Bonchev–Trinajstić information content (AvgIpc) is 3.79. The molecule has 0 N–H and O–H groups in total. The van der Waals surface area contributed by atoms with E-state index in [0.717, 1.165) is 0 Å². The SMILES string of the molecule is C=C/C=C\C=C/C.CC.CC.CCC.CCC.CCC1c2ccccc2-c2ccccc21.Cc1ccccc1-c1cc(-c2ccc(C)c3ccccc23)ccc1C.c1ccc2c(c1)c1ccccc1c1ccccc21. The van der Waals surface area contributed by atoms with Crippen LogP contribution < -0.4 is 0 Å². The van der Waals surface area contributed by atoms with Gasteiger partial charge in [0.1, 0.15) is 0 Å². The first kappa shape index (κ1) is 60.0. The van der Waals surface area contributed by atoms with E-state index in [1.165, 1.54) is 124 Å². The van der Waals surface area contributed by atoms with E-state index in [9.17, 15) is 0 Å². The summed E-state index contributed by atoms with van der Waals surface area (Å²) in [7, 11) is 0. The van der Waals surface area contributed by atoms with Crippen LogP contribution in [0.3, 0.4) is 0 Å². The van der Waals surface area contributed by atoms with Crippen LogP contribution in [-0.2, 0) is 0 Å². The highest BCUT2D eigenvalue weighted by atomic mass is 14.3. The van der Waals surface area contributed by atoms with Gasteiger partial charge in [-0.3, -0.25) is 0 Å². The van der Waals surface area contributed by atoms with Crippen LogP contribution in [0.25, 0.3) is 76.5 Å². The minimum atomic E-state index is 0.609. The smallest absolute Gasteiger partial charge is 0.00990 e. The minimum absolute atomic E-state index is 0.609. The molecule has 11 rings (SSSR count). The van der Waals surface area contributed by atoms with Gasteiger partial charge in [-0.2, -0.15) is 0 Å². The zero-order valence-corrected chi connectivity index (χ0v) is 47.8. The van der Waals surface area contributed by atoms with Gasteiger partial charge in [0, 0.05) is 5.92 Å². The van der Waals surface area contributed by atoms with E-state index in [1.54, 1.807) is 6.08 Å². The lowest BCUT2D eigenvalue weighted by Gasteiger charge is -2.14. The van der Waals surface area contributed by atoms with Crippen molar-refractivity contribution in [1.82, 2.24) is 0 Å². The van der Waals surface area contributed by atoms with Crippen LogP contribution in [0.15, 0.2) is 237 Å². The molecule has 10 aromatic rings. The lowest BCUT2D eigenvalue weighted by atomic mass is 9.90. The van der Waals surface area contributed by atoms with Crippen LogP contribution in [-0.4, -0.2) is 0 Å². The van der Waals surface area contributed by atoms with Crippen LogP contribution in [0.1, 0.15) is 122 Å². The van der Waals surface area contributed by atoms with Crippen molar-refractivity contribution in [2.75, 3.05) is 0 Å². The molecule has 0 aliphatic heterocycles. The molecule has 1 aliphatic carbocycles. The summed E-state index contributed by atoms with van der Waals surface area (Å²) in [5.41, 5.74) is 15.0. The number of benzene rings is 10. The molecule has 0 spiro atoms. The quantitative estimate of drug-likeness (QED) is 0.119. The van der Waals surface area contributed by atoms with Crippen molar-refractivity contribution in [3.05, 3.63) is 265 Å². The van der Waals surface area contributed by atoms with Crippen molar-refractivity contribution >= 4 is 43.1 Å². The van der Waals surface area contributed by atoms with Crippen molar-refractivity contribution in [3.63, 3.8) is 0 Å². The zero-order chi connectivity index (χ0) is 54.5. The van der Waals surface area contributed by atoms with Gasteiger partial charge in [-0.1, -0.05) is 306 Å². The summed E-state index contributed by atoms with van der Waals surface area (Å²) in [5.74, 6) is 0.609. The van der Waals surface area contributed by atoms with Crippen LogP contribution in [0.2, 0.25) is 0 Å². The fourth-order valence-electron chi connectivity index (χ4n) is 9.47. The molecule has 0 radical (unpaired) electrons. The largest absolute Gasteiger partial charge is 0.0991 e. The highest BCUT2D eigenvalue weighted by Gasteiger charge is 2.26. The molecule has 0 atom stereocenters. The Labute approximate surface area is 454 Å². The Bertz CT molecular complexity index is 3090. The summed E-state index contributed by atoms with van der Waals surface area (Å²) in [6.07, 6.45) is 13.2. The summed E-state index contributed by atoms with van der Waals surface area (Å²) < 4.78 is 0. The zero-order valence-electron chi connectivity index (χ0n) is 47.8. The maximum absolute atomic E-state index is 3.51. The van der Waals surface area contributed by atoms with Crippen LogP contribution in [0, 0.1) is 20.8 Å². The summed E-state index contributed by atoms with van der Waals surface area (Å²) in [6.45, 7) is 30.8. The van der Waals surface area contributed by atoms with Gasteiger partial charge < -0.3 is 0 Å². The monoisotopic (exact) mass is 987 g/mol. The maximum atomic E-state index is 3.51. The van der Waals surface area contributed by atoms with Gasteiger partial charge in [0.15, 0.2) is 0 Å². The molecule has 386 valence electrons. The molecule has 0 bridgehead atoms. The maximum Gasteiger partial charge on any atom is 0.00990 e. The van der Waals surface area contributed by atoms with Crippen molar-refractivity contribution < 1.29 is 0 Å². The normalized spacial score (nSPS) is 10.8. The number of aryl methyl sites for hydroxylation is 3. The van der Waals surface area contributed by atoms with Crippen molar-refractivity contribution in [2.45, 2.75) is 115 Å². The van der Waals surface area contributed by atoms with Crippen LogP contribution >= 0.6 is 0 Å². The molecule has 0 aromatic heterocycles. The third kappa shape index (κ3) is 15.5. The Hall–Kier alpha value is -7.54. The summed E-state index contributed by atoms with van der Waals surface area (Å²) in [6, 6.07) is 72.2. The molecule has 0 heteroatoms. The van der Waals surface area contributed by atoms with Crippen molar-refractivity contribution in [2.24, 2.45) is 0 Å². The Morgan fingerprint density at radius 3 is 1.12 bits per heavy atom. The first-order valence-corrected chi connectivity index (χ1v) is 27.8. The molecule has 0 saturated heterocycles. The van der Waals surface area contributed by atoms with Gasteiger partial charge in [-0.05, 0) is 144 Å². The minimum Gasteiger partial charge on any atom is -0.0991 e. The molecule has 0 amide bonds. The van der Waals surface area contributed by atoms with Crippen LogP contribution in [0.5, 0.6) is 0 Å². The van der Waals surface area contributed by atoms with E-state index in [-0.39, 0.29) is 0 Å². The third-order valence-corrected chi connectivity index (χ3v) is 12.7. The van der Waals surface area contributed by atoms with E-state index in [2.05, 4.69) is 262 Å². The number of hydrogen-bond acceptors (Lipinski definition) is 0. The molecule has 1 aliphatic rings. The van der Waals surface area contributed by atoms with Gasteiger partial charge in [-0.15, -0.1) is 0 Å². The second kappa shape index (κ2) is 32.6. The second-order valence-corrected chi connectivity index (χ2v) is 18.2. The van der Waals surface area contributed by atoms with Gasteiger partial charge in [0.2, 0.25) is 0 Å². The molecular weight excluding hydrogens is 901 g/mol. The fourth-order valence-corrected chi connectivity index (χ4v) is 9.47. The lowest BCUT2D eigenvalue weighted by molar-refractivity contribution is 0.797. The van der Waals surface area contributed by atoms with Crippen LogP contribution in [0.4, 0.5) is 0 Å². The number of hydrogen-bond donors (Lipinski definition) is 0.